The fourth-order valence-electron chi connectivity index (χ4n) is 2.55. The van der Waals surface area contributed by atoms with Gasteiger partial charge in [-0.15, -0.1) is 0 Å². The van der Waals surface area contributed by atoms with Crippen LogP contribution in [0.5, 0.6) is 0 Å². The van der Waals surface area contributed by atoms with E-state index in [-0.39, 0.29) is 30.3 Å². The molecular formula is C14H19F2N2O2+. The summed E-state index contributed by atoms with van der Waals surface area (Å²) >= 11 is 0. The number of hydrogen-bond donors (Lipinski definition) is 2. The minimum Gasteiger partial charge on any atom is -0.364 e. The average Bonchev–Trinajstić information content (AvgIpc) is 2.31. The van der Waals surface area contributed by atoms with E-state index in [1.54, 1.807) is 0 Å². The average molecular weight is 285 g/mol. The predicted octanol–water partition coefficient (Wildman–Crippen LogP) is 0.595. The molecule has 0 unspecified atom stereocenters. The molecular weight excluding hydrogens is 266 g/mol. The van der Waals surface area contributed by atoms with Gasteiger partial charge in [0, 0.05) is 6.07 Å². The summed E-state index contributed by atoms with van der Waals surface area (Å²) in [7, 11) is 0. The molecule has 20 heavy (non-hydrogen) atoms. The molecule has 0 bridgehead atoms. The van der Waals surface area contributed by atoms with E-state index < -0.39 is 11.6 Å². The first-order valence-corrected chi connectivity index (χ1v) is 6.68. The van der Waals surface area contributed by atoms with Gasteiger partial charge in [0.15, 0.2) is 6.54 Å². The molecule has 1 amide bonds. The molecule has 1 aliphatic rings. The van der Waals surface area contributed by atoms with Crippen molar-refractivity contribution in [3.8, 4) is 0 Å². The lowest BCUT2D eigenvalue weighted by molar-refractivity contribution is -0.907. The van der Waals surface area contributed by atoms with Crippen LogP contribution in [0.3, 0.4) is 0 Å². The molecule has 1 aromatic carbocycles. The van der Waals surface area contributed by atoms with Crippen molar-refractivity contribution in [1.29, 1.82) is 0 Å². The number of halogens is 2. The first-order valence-electron chi connectivity index (χ1n) is 6.68. The summed E-state index contributed by atoms with van der Waals surface area (Å²) in [5.41, 5.74) is 0.00477. The summed E-state index contributed by atoms with van der Waals surface area (Å²) in [5, 5.41) is 2.47. The molecule has 0 aliphatic carbocycles. The van der Waals surface area contributed by atoms with E-state index in [0.29, 0.717) is 0 Å². The largest absolute Gasteiger partial charge is 0.364 e. The third-order valence-electron chi connectivity index (χ3n) is 3.23. The van der Waals surface area contributed by atoms with Gasteiger partial charge < -0.3 is 15.0 Å². The molecule has 1 heterocycles. The Morgan fingerprint density at radius 1 is 1.35 bits per heavy atom. The molecule has 1 aliphatic heterocycles. The van der Waals surface area contributed by atoms with E-state index in [0.717, 1.165) is 30.1 Å². The Kier molecular flexibility index (Phi) is 4.67. The van der Waals surface area contributed by atoms with E-state index >= 15 is 0 Å². The summed E-state index contributed by atoms with van der Waals surface area (Å²) in [6, 6.07) is 3.09. The molecule has 2 N–H and O–H groups in total. The van der Waals surface area contributed by atoms with Crippen LogP contribution in [0.15, 0.2) is 18.2 Å². The predicted molar refractivity (Wildman–Crippen MR) is 70.6 cm³/mol. The van der Waals surface area contributed by atoms with Crippen molar-refractivity contribution in [2.24, 2.45) is 0 Å². The van der Waals surface area contributed by atoms with Gasteiger partial charge in [0.1, 0.15) is 36.9 Å². The van der Waals surface area contributed by atoms with Crippen molar-refractivity contribution in [3.05, 3.63) is 29.8 Å². The van der Waals surface area contributed by atoms with Crippen molar-refractivity contribution >= 4 is 11.6 Å². The fourth-order valence-corrected chi connectivity index (χ4v) is 2.55. The van der Waals surface area contributed by atoms with Crippen molar-refractivity contribution < 1.29 is 23.2 Å². The Labute approximate surface area is 116 Å². The van der Waals surface area contributed by atoms with E-state index in [1.807, 2.05) is 13.8 Å². The minimum absolute atomic E-state index is 0.00477. The van der Waals surface area contributed by atoms with Gasteiger partial charge in [0.2, 0.25) is 0 Å². The number of ether oxygens (including phenoxy) is 1. The van der Waals surface area contributed by atoms with Crippen molar-refractivity contribution in [2.45, 2.75) is 26.1 Å². The van der Waals surface area contributed by atoms with Gasteiger partial charge in [-0.05, 0) is 26.0 Å². The second-order valence-corrected chi connectivity index (χ2v) is 5.26. The van der Waals surface area contributed by atoms with Gasteiger partial charge in [-0.2, -0.15) is 0 Å². The highest BCUT2D eigenvalue weighted by Crippen LogP contribution is 2.14. The topological polar surface area (TPSA) is 42.8 Å². The van der Waals surface area contributed by atoms with Crippen molar-refractivity contribution in [2.75, 3.05) is 25.0 Å². The molecule has 0 radical (unpaired) electrons. The molecule has 1 saturated heterocycles. The number of quaternary nitrogens is 1. The zero-order chi connectivity index (χ0) is 14.7. The van der Waals surface area contributed by atoms with Crippen LogP contribution in [-0.4, -0.2) is 37.7 Å². The molecule has 0 aromatic heterocycles. The van der Waals surface area contributed by atoms with Gasteiger partial charge in [-0.3, -0.25) is 4.79 Å². The smallest absolute Gasteiger partial charge is 0.279 e. The van der Waals surface area contributed by atoms with Crippen LogP contribution in [-0.2, 0) is 9.53 Å². The van der Waals surface area contributed by atoms with Crippen molar-refractivity contribution in [1.82, 2.24) is 0 Å². The Bertz CT molecular complexity index is 486. The van der Waals surface area contributed by atoms with Crippen LogP contribution < -0.4 is 10.2 Å². The van der Waals surface area contributed by atoms with Crippen LogP contribution in [0.4, 0.5) is 14.5 Å². The lowest BCUT2D eigenvalue weighted by atomic mass is 10.2. The maximum atomic E-state index is 13.4. The number of carbonyl (C=O) groups is 1. The van der Waals surface area contributed by atoms with Crippen LogP contribution in [0.2, 0.25) is 0 Å². The molecule has 2 atom stereocenters. The van der Waals surface area contributed by atoms with E-state index in [2.05, 4.69) is 5.32 Å². The van der Waals surface area contributed by atoms with Crippen LogP contribution in [0.25, 0.3) is 0 Å². The maximum Gasteiger partial charge on any atom is 0.279 e. The quantitative estimate of drug-likeness (QED) is 0.854. The van der Waals surface area contributed by atoms with E-state index in [9.17, 15) is 13.6 Å². The standard InChI is InChI=1S/C14H18F2N2O2/c1-9-6-18(7-10(2)20-9)8-14(19)17-13-4-3-11(15)5-12(13)16/h3-5,9-10H,6-8H2,1-2H3,(H,17,19)/p+1/t9-,10-/m0/s1. The number of rotatable bonds is 3. The third kappa shape index (κ3) is 3.98. The molecule has 1 fully saturated rings. The van der Waals surface area contributed by atoms with Crippen LogP contribution in [0, 0.1) is 11.6 Å². The number of benzene rings is 1. The molecule has 2 rings (SSSR count). The lowest BCUT2D eigenvalue weighted by Gasteiger charge is -2.31. The van der Waals surface area contributed by atoms with Gasteiger partial charge >= 0.3 is 0 Å². The number of anilines is 1. The third-order valence-corrected chi connectivity index (χ3v) is 3.23. The number of nitrogens with one attached hydrogen (secondary N) is 2. The molecule has 1 aromatic rings. The Morgan fingerprint density at radius 3 is 2.60 bits per heavy atom. The summed E-state index contributed by atoms with van der Waals surface area (Å²) < 4.78 is 31.8. The number of amides is 1. The number of hydrogen-bond acceptors (Lipinski definition) is 2. The zero-order valence-corrected chi connectivity index (χ0v) is 11.6. The first-order chi connectivity index (χ1) is 9.44. The van der Waals surface area contributed by atoms with Gasteiger partial charge in [-0.1, -0.05) is 0 Å². The molecule has 0 spiro atoms. The van der Waals surface area contributed by atoms with E-state index in [4.69, 9.17) is 4.74 Å². The molecule has 6 heteroatoms. The molecule has 4 nitrogen and oxygen atoms in total. The highest BCUT2D eigenvalue weighted by atomic mass is 19.1. The Balaban J connectivity index is 1.92. The minimum atomic E-state index is -0.767. The fraction of sp³-hybridized carbons (Fsp3) is 0.500. The summed E-state index contributed by atoms with van der Waals surface area (Å²) in [6.07, 6.45) is 0.202. The SMILES string of the molecule is C[C@H]1C[NH+](CC(=O)Nc2ccc(F)cc2F)C[C@H](C)O1. The van der Waals surface area contributed by atoms with Crippen molar-refractivity contribution in [3.63, 3.8) is 0 Å². The molecule has 0 saturated carbocycles. The first kappa shape index (κ1) is 14.9. The number of carbonyl (C=O) groups excluding carboxylic acids is 1. The Hall–Kier alpha value is -1.53. The second kappa shape index (κ2) is 6.28. The lowest BCUT2D eigenvalue weighted by Crippen LogP contribution is -3.16. The highest BCUT2D eigenvalue weighted by molar-refractivity contribution is 5.91. The normalized spacial score (nSPS) is 26.3. The van der Waals surface area contributed by atoms with Crippen LogP contribution >= 0.6 is 0 Å². The summed E-state index contributed by atoms with van der Waals surface area (Å²) in [4.78, 5) is 13.0. The van der Waals surface area contributed by atoms with E-state index in [1.165, 1.54) is 6.07 Å². The highest BCUT2D eigenvalue weighted by Gasteiger charge is 2.27. The van der Waals surface area contributed by atoms with Gasteiger partial charge in [-0.25, -0.2) is 8.78 Å². The second-order valence-electron chi connectivity index (χ2n) is 5.26. The van der Waals surface area contributed by atoms with Gasteiger partial charge in [0.05, 0.1) is 5.69 Å². The summed E-state index contributed by atoms with van der Waals surface area (Å²) in [6.45, 7) is 5.66. The maximum absolute atomic E-state index is 13.4. The van der Waals surface area contributed by atoms with Gasteiger partial charge in [0.25, 0.3) is 5.91 Å². The summed E-state index contributed by atoms with van der Waals surface area (Å²) in [5.74, 6) is -1.72. The molecule has 110 valence electrons. The monoisotopic (exact) mass is 285 g/mol. The van der Waals surface area contributed by atoms with Crippen LogP contribution in [0.1, 0.15) is 13.8 Å². The number of morpholine rings is 1. The zero-order valence-electron chi connectivity index (χ0n) is 11.6. The Morgan fingerprint density at radius 2 is 2.00 bits per heavy atom.